The molecule has 0 bridgehead atoms. The molecule has 0 amide bonds. The molecule has 2 aromatic carbocycles. The van der Waals surface area contributed by atoms with Gasteiger partial charge in [0.25, 0.3) is 0 Å². The average molecular weight is 575 g/mol. The van der Waals surface area contributed by atoms with E-state index in [1.165, 1.54) is 24.5 Å². The van der Waals surface area contributed by atoms with Gasteiger partial charge < -0.3 is 9.47 Å². The standard InChI is InChI=1S/C25H23IN2O2S2/c1-15-11-16(2)28-25(27-15)31-14-19-13-23(18-7-10-21(29-3)22(12-18)30-4)32-24(19)17-5-8-20(26)9-6-17/h5-13H,14H2,1-4H3. The quantitative estimate of drug-likeness (QED) is 0.131. The number of nitrogens with zero attached hydrogens (tertiary/aromatic N) is 2. The van der Waals surface area contributed by atoms with Crippen LogP contribution in [0.3, 0.4) is 0 Å². The Balaban J connectivity index is 1.72. The van der Waals surface area contributed by atoms with Gasteiger partial charge in [-0.1, -0.05) is 23.9 Å². The first-order valence-corrected chi connectivity index (χ1v) is 12.9. The molecule has 0 N–H and O–H groups in total. The Hall–Kier alpha value is -2.10. The van der Waals surface area contributed by atoms with Crippen LogP contribution in [0.25, 0.3) is 20.9 Å². The fourth-order valence-corrected chi connectivity index (χ4v) is 5.98. The Labute approximate surface area is 210 Å². The summed E-state index contributed by atoms with van der Waals surface area (Å²) in [7, 11) is 3.32. The topological polar surface area (TPSA) is 44.2 Å². The SMILES string of the molecule is COc1ccc(-c2cc(CSc3nc(C)cc(C)n3)c(-c3ccc(I)cc3)s2)cc1OC. The Morgan fingerprint density at radius 1 is 0.844 bits per heavy atom. The molecular weight excluding hydrogens is 551 g/mol. The Bertz CT molecular complexity index is 1220. The highest BCUT2D eigenvalue weighted by Crippen LogP contribution is 2.42. The minimum atomic E-state index is 0.730. The van der Waals surface area contributed by atoms with Crippen molar-refractivity contribution in [2.24, 2.45) is 0 Å². The fraction of sp³-hybridized carbons (Fsp3) is 0.200. The van der Waals surface area contributed by atoms with Crippen molar-refractivity contribution in [3.63, 3.8) is 0 Å². The number of rotatable bonds is 7. The summed E-state index contributed by atoms with van der Waals surface area (Å²) >= 11 is 5.81. The second-order valence-corrected chi connectivity index (χ2v) is 10.5. The molecule has 0 fully saturated rings. The van der Waals surface area contributed by atoms with Gasteiger partial charge in [-0.2, -0.15) is 0 Å². The Morgan fingerprint density at radius 3 is 2.16 bits per heavy atom. The summed E-state index contributed by atoms with van der Waals surface area (Å²) in [4.78, 5) is 11.6. The van der Waals surface area contributed by atoms with Crippen molar-refractivity contribution in [2.75, 3.05) is 14.2 Å². The summed E-state index contributed by atoms with van der Waals surface area (Å²) in [5.41, 5.74) is 5.59. The monoisotopic (exact) mass is 574 g/mol. The largest absolute Gasteiger partial charge is 0.493 e. The van der Waals surface area contributed by atoms with Crippen LogP contribution in [0, 0.1) is 17.4 Å². The number of ether oxygens (including phenoxy) is 2. The third-order valence-electron chi connectivity index (χ3n) is 4.90. The van der Waals surface area contributed by atoms with Crippen LogP contribution in [-0.2, 0) is 5.75 Å². The van der Waals surface area contributed by atoms with E-state index in [2.05, 4.69) is 69.0 Å². The lowest BCUT2D eigenvalue weighted by atomic mass is 10.1. The van der Waals surface area contributed by atoms with Crippen molar-refractivity contribution in [1.82, 2.24) is 9.97 Å². The number of halogens is 1. The molecule has 4 aromatic rings. The maximum atomic E-state index is 5.52. The summed E-state index contributed by atoms with van der Waals surface area (Å²) in [6.07, 6.45) is 0. The zero-order valence-electron chi connectivity index (χ0n) is 18.3. The molecule has 0 unspecified atom stereocenters. The van der Waals surface area contributed by atoms with Crippen LogP contribution in [0.4, 0.5) is 0 Å². The first-order chi connectivity index (χ1) is 15.5. The molecule has 0 saturated carbocycles. The normalized spacial score (nSPS) is 10.9. The predicted molar refractivity (Wildman–Crippen MR) is 142 cm³/mol. The van der Waals surface area contributed by atoms with Gasteiger partial charge in [0, 0.05) is 30.5 Å². The second-order valence-electron chi connectivity index (χ2n) is 7.26. The van der Waals surface area contributed by atoms with Gasteiger partial charge in [-0.15, -0.1) is 11.3 Å². The molecule has 164 valence electrons. The number of thioether (sulfide) groups is 1. The number of aromatic nitrogens is 2. The van der Waals surface area contributed by atoms with Crippen molar-refractivity contribution in [3.8, 4) is 32.4 Å². The van der Waals surface area contributed by atoms with Gasteiger partial charge in [-0.05, 0) is 95.6 Å². The number of benzene rings is 2. The number of hydrogen-bond acceptors (Lipinski definition) is 6. The summed E-state index contributed by atoms with van der Waals surface area (Å²) in [6.45, 7) is 4.02. The van der Waals surface area contributed by atoms with Gasteiger partial charge in [0.2, 0.25) is 0 Å². The van der Waals surface area contributed by atoms with Gasteiger partial charge in [0.05, 0.1) is 14.2 Å². The molecule has 2 heterocycles. The molecule has 7 heteroatoms. The zero-order chi connectivity index (χ0) is 22.7. The molecule has 2 aromatic heterocycles. The number of thiophene rings is 1. The van der Waals surface area contributed by atoms with Crippen LogP contribution in [0.15, 0.2) is 59.8 Å². The minimum Gasteiger partial charge on any atom is -0.493 e. The molecular formula is C25H23IN2O2S2. The summed E-state index contributed by atoms with van der Waals surface area (Å²) in [5.74, 6) is 2.26. The highest BCUT2D eigenvalue weighted by atomic mass is 127. The van der Waals surface area contributed by atoms with Crippen LogP contribution in [0.2, 0.25) is 0 Å². The summed E-state index contributed by atoms with van der Waals surface area (Å²) < 4.78 is 12.1. The molecule has 0 atom stereocenters. The van der Waals surface area contributed by atoms with Gasteiger partial charge in [0.15, 0.2) is 16.7 Å². The molecule has 0 aliphatic heterocycles. The van der Waals surface area contributed by atoms with E-state index in [4.69, 9.17) is 9.47 Å². The Kier molecular flexibility index (Phi) is 7.37. The van der Waals surface area contributed by atoms with E-state index in [0.29, 0.717) is 0 Å². The molecule has 0 radical (unpaired) electrons. The van der Waals surface area contributed by atoms with E-state index in [0.717, 1.165) is 39.4 Å². The van der Waals surface area contributed by atoms with Crippen LogP contribution < -0.4 is 9.47 Å². The zero-order valence-corrected chi connectivity index (χ0v) is 22.1. The van der Waals surface area contributed by atoms with Crippen LogP contribution in [0.5, 0.6) is 11.5 Å². The second kappa shape index (κ2) is 10.2. The molecule has 0 saturated heterocycles. The van der Waals surface area contributed by atoms with Crippen LogP contribution in [-0.4, -0.2) is 24.2 Å². The summed E-state index contributed by atoms with van der Waals surface area (Å²) in [6, 6.07) is 19.0. The highest BCUT2D eigenvalue weighted by Gasteiger charge is 2.15. The third-order valence-corrected chi connectivity index (χ3v) is 7.79. The van der Waals surface area contributed by atoms with Gasteiger partial charge in [-0.3, -0.25) is 0 Å². The van der Waals surface area contributed by atoms with Crippen molar-refractivity contribution in [2.45, 2.75) is 24.8 Å². The molecule has 4 nitrogen and oxygen atoms in total. The first-order valence-electron chi connectivity index (χ1n) is 10.0. The minimum absolute atomic E-state index is 0.730. The molecule has 0 aliphatic carbocycles. The molecule has 32 heavy (non-hydrogen) atoms. The van der Waals surface area contributed by atoms with E-state index in [1.807, 2.05) is 32.0 Å². The van der Waals surface area contributed by atoms with Crippen LogP contribution in [0.1, 0.15) is 17.0 Å². The van der Waals surface area contributed by atoms with Crippen molar-refractivity contribution >= 4 is 45.7 Å². The van der Waals surface area contributed by atoms with E-state index in [9.17, 15) is 0 Å². The number of methoxy groups -OCH3 is 2. The summed E-state index contributed by atoms with van der Waals surface area (Å²) in [5, 5.41) is 0.815. The molecule has 4 rings (SSSR count). The first kappa shape index (κ1) is 23.1. The van der Waals surface area contributed by atoms with Crippen molar-refractivity contribution in [1.29, 1.82) is 0 Å². The van der Waals surface area contributed by atoms with Gasteiger partial charge in [0.1, 0.15) is 0 Å². The van der Waals surface area contributed by atoms with Crippen molar-refractivity contribution < 1.29 is 9.47 Å². The van der Waals surface area contributed by atoms with Crippen molar-refractivity contribution in [3.05, 3.63) is 75.1 Å². The maximum absolute atomic E-state index is 5.52. The molecule has 0 aliphatic rings. The molecule has 0 spiro atoms. The lowest BCUT2D eigenvalue weighted by molar-refractivity contribution is 0.355. The third kappa shape index (κ3) is 5.27. The Morgan fingerprint density at radius 2 is 1.50 bits per heavy atom. The fourth-order valence-electron chi connectivity index (χ4n) is 3.41. The lowest BCUT2D eigenvalue weighted by Gasteiger charge is -2.08. The van der Waals surface area contributed by atoms with Gasteiger partial charge >= 0.3 is 0 Å². The predicted octanol–water partition coefficient (Wildman–Crippen LogP) is 7.40. The number of hydrogen-bond donors (Lipinski definition) is 0. The van der Waals surface area contributed by atoms with E-state index < -0.39 is 0 Å². The van der Waals surface area contributed by atoms with Crippen LogP contribution >= 0.6 is 45.7 Å². The number of aryl methyl sites for hydroxylation is 2. The van der Waals surface area contributed by atoms with E-state index in [-0.39, 0.29) is 0 Å². The lowest BCUT2D eigenvalue weighted by Crippen LogP contribution is -1.93. The highest BCUT2D eigenvalue weighted by molar-refractivity contribution is 14.1. The van der Waals surface area contributed by atoms with E-state index >= 15 is 0 Å². The van der Waals surface area contributed by atoms with E-state index in [1.54, 1.807) is 37.3 Å². The maximum Gasteiger partial charge on any atom is 0.188 e. The average Bonchev–Trinajstić information content (AvgIpc) is 3.21. The van der Waals surface area contributed by atoms with Gasteiger partial charge in [-0.25, -0.2) is 9.97 Å². The smallest absolute Gasteiger partial charge is 0.188 e.